The first kappa shape index (κ1) is 13.6. The van der Waals surface area contributed by atoms with Gasteiger partial charge in [0.25, 0.3) is 0 Å². The van der Waals surface area contributed by atoms with Crippen molar-refractivity contribution in [2.45, 2.75) is 83.8 Å². The number of nitrogens with one attached hydrogen (secondary N) is 1. The van der Waals surface area contributed by atoms with Crippen LogP contribution in [0.4, 0.5) is 0 Å². The summed E-state index contributed by atoms with van der Waals surface area (Å²) in [7, 11) is 0. The number of hydrogen-bond donors (Lipinski definition) is 1. The highest BCUT2D eigenvalue weighted by Crippen LogP contribution is 2.62. The molecule has 4 rings (SSSR count). The first-order chi connectivity index (χ1) is 9.49. The van der Waals surface area contributed by atoms with E-state index in [1.165, 1.54) is 58.0 Å². The molecule has 2 bridgehead atoms. The Labute approximate surface area is 124 Å². The zero-order valence-corrected chi connectivity index (χ0v) is 13.6. The van der Waals surface area contributed by atoms with Gasteiger partial charge in [0.15, 0.2) is 0 Å². The number of piperidine rings is 1. The van der Waals surface area contributed by atoms with Gasteiger partial charge in [-0.15, -0.1) is 0 Å². The zero-order chi connectivity index (χ0) is 14.0. The van der Waals surface area contributed by atoms with Crippen LogP contribution in [0.2, 0.25) is 0 Å². The average molecular weight is 276 g/mol. The van der Waals surface area contributed by atoms with E-state index >= 15 is 0 Å². The van der Waals surface area contributed by atoms with Crippen LogP contribution in [-0.2, 0) is 0 Å². The second-order valence-electron chi connectivity index (χ2n) is 9.07. The molecule has 3 unspecified atom stereocenters. The number of nitrogens with zero attached hydrogens (tertiary/aromatic N) is 1. The Hall–Kier alpha value is -0.0800. The van der Waals surface area contributed by atoms with E-state index in [0.717, 1.165) is 24.0 Å². The summed E-state index contributed by atoms with van der Waals surface area (Å²) < 4.78 is 0. The summed E-state index contributed by atoms with van der Waals surface area (Å²) in [6.45, 7) is 10.3. The highest BCUT2D eigenvalue weighted by molar-refractivity contribution is 5.13. The molecular formula is C18H32N2. The van der Waals surface area contributed by atoms with Gasteiger partial charge in [0.05, 0.1) is 0 Å². The van der Waals surface area contributed by atoms with Crippen molar-refractivity contribution in [3.05, 3.63) is 0 Å². The van der Waals surface area contributed by atoms with Crippen molar-refractivity contribution in [2.75, 3.05) is 13.1 Å². The van der Waals surface area contributed by atoms with Crippen LogP contribution in [0.3, 0.4) is 0 Å². The molecule has 0 amide bonds. The molecule has 0 spiro atoms. The summed E-state index contributed by atoms with van der Waals surface area (Å²) in [4.78, 5) is 2.74. The molecule has 2 aliphatic carbocycles. The fourth-order valence-corrected chi connectivity index (χ4v) is 6.33. The number of fused-ring (bicyclic) bond motifs is 3. The molecule has 2 saturated heterocycles. The van der Waals surface area contributed by atoms with Crippen molar-refractivity contribution >= 4 is 0 Å². The van der Waals surface area contributed by atoms with Crippen molar-refractivity contribution in [1.29, 1.82) is 0 Å². The van der Waals surface area contributed by atoms with Crippen molar-refractivity contribution in [2.24, 2.45) is 16.7 Å². The van der Waals surface area contributed by atoms with Crippen LogP contribution in [-0.4, -0.2) is 36.1 Å². The van der Waals surface area contributed by atoms with Crippen molar-refractivity contribution in [1.82, 2.24) is 10.2 Å². The minimum atomic E-state index is 0.514. The lowest BCUT2D eigenvalue weighted by Crippen LogP contribution is -2.56. The van der Waals surface area contributed by atoms with Crippen LogP contribution in [0.15, 0.2) is 0 Å². The molecule has 0 aromatic rings. The van der Waals surface area contributed by atoms with Crippen molar-refractivity contribution < 1.29 is 0 Å². The molecule has 2 heteroatoms. The molecule has 0 aromatic carbocycles. The summed E-state index contributed by atoms with van der Waals surface area (Å²) in [5, 5.41) is 4.17. The lowest BCUT2D eigenvalue weighted by molar-refractivity contribution is 0.0767. The first-order valence-corrected chi connectivity index (χ1v) is 8.99. The molecule has 2 aliphatic heterocycles. The Morgan fingerprint density at radius 1 is 1.05 bits per heavy atom. The lowest BCUT2D eigenvalue weighted by atomic mass is 9.68. The third-order valence-corrected chi connectivity index (χ3v) is 7.49. The molecule has 5 atom stereocenters. The van der Waals surface area contributed by atoms with E-state index in [9.17, 15) is 0 Å². The van der Waals surface area contributed by atoms with E-state index in [1.54, 1.807) is 0 Å². The SMILES string of the molecule is CC1(C)C(NC2CCN3CCCC3C2)[C@]2(C)CC[C@H]1C2. The lowest BCUT2D eigenvalue weighted by Gasteiger charge is -2.47. The molecule has 20 heavy (non-hydrogen) atoms. The van der Waals surface area contributed by atoms with Gasteiger partial charge in [-0.2, -0.15) is 0 Å². The van der Waals surface area contributed by atoms with Crippen molar-refractivity contribution in [3.63, 3.8) is 0 Å². The quantitative estimate of drug-likeness (QED) is 0.831. The third-order valence-electron chi connectivity index (χ3n) is 7.49. The Kier molecular flexibility index (Phi) is 3.03. The molecule has 4 fully saturated rings. The normalized spacial score (nSPS) is 50.5. The van der Waals surface area contributed by atoms with Gasteiger partial charge in [-0.3, -0.25) is 0 Å². The van der Waals surface area contributed by atoms with Crippen LogP contribution in [0.25, 0.3) is 0 Å². The maximum absolute atomic E-state index is 4.17. The standard InChI is InChI=1S/C18H32N2/c1-17(2)13-6-8-18(3,12-13)16(17)19-14-7-10-20-9-4-5-15(20)11-14/h13-16,19H,4-12H2,1-3H3/t13-,14?,15?,16?,18+/m0/s1. The van der Waals surface area contributed by atoms with E-state index in [1.807, 2.05) is 0 Å². The molecule has 2 nitrogen and oxygen atoms in total. The zero-order valence-electron chi connectivity index (χ0n) is 13.6. The molecule has 0 radical (unpaired) electrons. The third kappa shape index (κ3) is 1.90. The molecule has 4 aliphatic rings. The molecular weight excluding hydrogens is 244 g/mol. The molecule has 2 saturated carbocycles. The monoisotopic (exact) mass is 276 g/mol. The second kappa shape index (κ2) is 4.46. The molecule has 1 N–H and O–H groups in total. The van der Waals surface area contributed by atoms with Crippen LogP contribution < -0.4 is 5.32 Å². The average Bonchev–Trinajstić information content (AvgIpc) is 3.05. The Balaban J connectivity index is 1.46. The van der Waals surface area contributed by atoms with Gasteiger partial charge < -0.3 is 10.2 Å². The van der Waals surface area contributed by atoms with Crippen LogP contribution in [0.5, 0.6) is 0 Å². The summed E-state index contributed by atoms with van der Waals surface area (Å²) in [6, 6.07) is 2.44. The van der Waals surface area contributed by atoms with E-state index < -0.39 is 0 Å². The Morgan fingerprint density at radius 2 is 1.90 bits per heavy atom. The van der Waals surface area contributed by atoms with Gasteiger partial charge in [-0.05, 0) is 74.8 Å². The second-order valence-corrected chi connectivity index (χ2v) is 9.07. The minimum absolute atomic E-state index is 0.514. The van der Waals surface area contributed by atoms with Gasteiger partial charge in [-0.25, -0.2) is 0 Å². The van der Waals surface area contributed by atoms with Crippen molar-refractivity contribution in [3.8, 4) is 0 Å². The summed E-state index contributed by atoms with van der Waals surface area (Å²) in [5.74, 6) is 0.969. The van der Waals surface area contributed by atoms with Crippen LogP contribution in [0, 0.1) is 16.7 Å². The minimum Gasteiger partial charge on any atom is -0.310 e. The number of rotatable bonds is 2. The Bertz CT molecular complexity index is 386. The summed E-state index contributed by atoms with van der Waals surface area (Å²) >= 11 is 0. The maximum Gasteiger partial charge on any atom is 0.0177 e. The topological polar surface area (TPSA) is 15.3 Å². The van der Waals surface area contributed by atoms with Gasteiger partial charge in [0.1, 0.15) is 0 Å². The van der Waals surface area contributed by atoms with Gasteiger partial charge in [-0.1, -0.05) is 20.8 Å². The highest BCUT2D eigenvalue weighted by atomic mass is 15.2. The van der Waals surface area contributed by atoms with Gasteiger partial charge >= 0.3 is 0 Å². The van der Waals surface area contributed by atoms with Crippen LogP contribution >= 0.6 is 0 Å². The maximum atomic E-state index is 4.17. The summed E-state index contributed by atoms with van der Waals surface area (Å²) in [5.41, 5.74) is 1.10. The Morgan fingerprint density at radius 3 is 2.65 bits per heavy atom. The first-order valence-electron chi connectivity index (χ1n) is 8.99. The van der Waals surface area contributed by atoms with Gasteiger partial charge in [0.2, 0.25) is 0 Å². The summed E-state index contributed by atoms with van der Waals surface area (Å²) in [6.07, 6.45) is 10.1. The molecule has 0 aromatic heterocycles. The van der Waals surface area contributed by atoms with Crippen LogP contribution in [0.1, 0.15) is 65.7 Å². The largest absolute Gasteiger partial charge is 0.310 e. The van der Waals surface area contributed by atoms with E-state index in [2.05, 4.69) is 31.0 Å². The smallest absolute Gasteiger partial charge is 0.0177 e. The highest BCUT2D eigenvalue weighted by Gasteiger charge is 2.59. The predicted octanol–water partition coefficient (Wildman–Crippen LogP) is 3.42. The number of hydrogen-bond acceptors (Lipinski definition) is 2. The molecule has 114 valence electrons. The predicted molar refractivity (Wildman–Crippen MR) is 83.8 cm³/mol. The fraction of sp³-hybridized carbons (Fsp3) is 1.00. The molecule has 2 heterocycles. The van der Waals surface area contributed by atoms with E-state index in [4.69, 9.17) is 0 Å². The van der Waals surface area contributed by atoms with E-state index in [-0.39, 0.29) is 0 Å². The van der Waals surface area contributed by atoms with E-state index in [0.29, 0.717) is 10.8 Å². The fourth-order valence-electron chi connectivity index (χ4n) is 6.33. The van der Waals surface area contributed by atoms with Gasteiger partial charge in [0, 0.05) is 18.1 Å².